The van der Waals surface area contributed by atoms with Crippen molar-refractivity contribution in [2.24, 2.45) is 23.5 Å². The number of carbonyl (C=O) groups excluding carboxylic acids is 14. The number of nitrogens with two attached hydrogens (primary N) is 1. The van der Waals surface area contributed by atoms with Crippen LogP contribution in [0.1, 0.15) is 84.6 Å². The number of nitrogens with one attached hydrogen (secondary N) is 11. The quantitative estimate of drug-likeness (QED) is 0.0604. The molecule has 2 bridgehead atoms. The van der Waals surface area contributed by atoms with E-state index in [2.05, 4.69) is 58.2 Å². The Morgan fingerprint density at radius 1 is 0.779 bits per heavy atom. The minimum atomic E-state index is -2.45. The van der Waals surface area contributed by atoms with Gasteiger partial charge in [-0.05, 0) is 48.6 Å². The van der Waals surface area contributed by atoms with Gasteiger partial charge in [-0.3, -0.25) is 76.2 Å². The maximum absolute atomic E-state index is 15.4. The molecule has 0 saturated carbocycles. The molecule has 7 unspecified atom stereocenters. The van der Waals surface area contributed by atoms with E-state index in [1.807, 2.05) is 0 Å². The summed E-state index contributed by atoms with van der Waals surface area (Å²) in [6.07, 6.45) is -3.41. The number of aliphatic hydroxyl groups is 1. The normalized spacial score (nSPS) is 26.4. The van der Waals surface area contributed by atoms with Crippen molar-refractivity contribution in [2.75, 3.05) is 43.9 Å². The molecule has 95 heavy (non-hydrogen) atoms. The number of aromatic hydroxyl groups is 1. The molecular formula is C61H78N14O19S. The van der Waals surface area contributed by atoms with Crippen LogP contribution in [0.2, 0.25) is 0 Å². The highest BCUT2D eigenvalue weighted by Gasteiger charge is 2.47. The van der Waals surface area contributed by atoms with Gasteiger partial charge in [0.15, 0.2) is 6.29 Å². The highest BCUT2D eigenvalue weighted by Crippen LogP contribution is 2.34. The first kappa shape index (κ1) is 71.2. The van der Waals surface area contributed by atoms with Crippen LogP contribution in [0, 0.1) is 17.8 Å². The summed E-state index contributed by atoms with van der Waals surface area (Å²) in [6, 6.07) is -2.32. The van der Waals surface area contributed by atoms with E-state index in [4.69, 9.17) is 15.2 Å². The smallest absolute Gasteiger partial charge is 0.253 e. The van der Waals surface area contributed by atoms with Gasteiger partial charge in [-0.1, -0.05) is 53.2 Å². The summed E-state index contributed by atoms with van der Waals surface area (Å²) in [6.45, 7) is 6.99. The molecule has 2 aromatic carbocycles. The largest absolute Gasteiger partial charge is 0.508 e. The van der Waals surface area contributed by atoms with Crippen LogP contribution in [0.3, 0.4) is 0 Å². The van der Waals surface area contributed by atoms with Crippen molar-refractivity contribution < 1.29 is 91.0 Å². The maximum Gasteiger partial charge on any atom is 0.253 e. The number of anilines is 1. The lowest BCUT2D eigenvalue weighted by atomic mass is 9.93. The summed E-state index contributed by atoms with van der Waals surface area (Å²) in [5, 5.41) is 47.3. The Labute approximate surface area is 546 Å². The number of rotatable bonds is 16. The molecule has 8 rings (SSSR count). The second-order valence-corrected chi connectivity index (χ2v) is 25.7. The summed E-state index contributed by atoms with van der Waals surface area (Å²) in [5.41, 5.74) is 6.36. The number of carbonyl (C=O) groups is 14. The number of aromatic amines is 1. The number of hydrogen-bond donors (Lipinski definition) is 14. The number of amides is 14. The lowest BCUT2D eigenvalue weighted by Gasteiger charge is -2.33. The van der Waals surface area contributed by atoms with Crippen LogP contribution in [0.4, 0.5) is 5.69 Å². The number of benzene rings is 2. The van der Waals surface area contributed by atoms with Crippen LogP contribution in [-0.2, 0) is 93.8 Å². The molecule has 33 nitrogen and oxygen atoms in total. The number of phenolic OH excluding ortho intramolecular Hbond substituents is 1. The van der Waals surface area contributed by atoms with Crippen molar-refractivity contribution in [1.29, 1.82) is 0 Å². The molecule has 2 fully saturated rings. The number of aromatic nitrogens is 1. The molecular weight excluding hydrogens is 1260 g/mol. The summed E-state index contributed by atoms with van der Waals surface area (Å²) in [4.78, 5) is 197. The van der Waals surface area contributed by atoms with Crippen molar-refractivity contribution in [1.82, 2.24) is 62.6 Å². The Hall–Kier alpha value is -9.67. The van der Waals surface area contributed by atoms with E-state index in [1.165, 1.54) is 44.2 Å². The number of hydrogen-bond acceptors (Lipinski definition) is 19. The average Bonchev–Trinajstić information content (AvgIpc) is 1.66. The zero-order valence-corrected chi connectivity index (χ0v) is 53.6. The molecule has 34 heteroatoms. The van der Waals surface area contributed by atoms with Gasteiger partial charge in [0.2, 0.25) is 70.9 Å². The molecule has 2 saturated heterocycles. The fourth-order valence-corrected chi connectivity index (χ4v) is 12.8. The Morgan fingerprint density at radius 3 is 2.16 bits per heavy atom. The first-order chi connectivity index (χ1) is 45.0. The third kappa shape index (κ3) is 17.6. The number of imide groups is 1. The molecule has 0 radical (unpaired) electrons. The SMILES string of the molecule is CC[C@H](C)[C@@H]1NC(=O)CNC(=O)C2Cc3c([nH]c4cc(O)ccc34)[S@](=O)CC(NC(=O)CNC1=O)C(=O)NC(CC(N)=O)C(=O)N1CC(O)CC1C(=O)N[C@@H]([C@@H](C)[C@@H]1COC(c3cccc(NC(=O)[C@H](C)NC(=O)C(NC(=O)CCN4C(=O)C=CC4=O)C(C)C)c3)O1)C(=O)N2. The van der Waals surface area contributed by atoms with E-state index < -0.39 is 223 Å². The average molecular weight is 1340 g/mol. The molecule has 3 aromatic rings. The zero-order chi connectivity index (χ0) is 69.3. The molecule has 14 atom stereocenters. The topological polar surface area (TPSA) is 484 Å². The van der Waals surface area contributed by atoms with Gasteiger partial charge in [-0.25, -0.2) is 0 Å². The zero-order valence-electron chi connectivity index (χ0n) is 52.8. The number of phenols is 1. The molecule has 0 spiro atoms. The fourth-order valence-electron chi connectivity index (χ4n) is 11.4. The van der Waals surface area contributed by atoms with Gasteiger partial charge in [-0.2, -0.15) is 0 Å². The van der Waals surface area contributed by atoms with Crippen molar-refractivity contribution in [3.05, 3.63) is 65.7 Å². The molecule has 14 amide bonds. The number of aliphatic hydroxyl groups excluding tert-OH is 1. The molecule has 1 aromatic heterocycles. The van der Waals surface area contributed by atoms with Gasteiger partial charge in [0.1, 0.15) is 59.1 Å². The summed E-state index contributed by atoms with van der Waals surface area (Å²) < 4.78 is 27.5. The molecule has 512 valence electrons. The highest BCUT2D eigenvalue weighted by atomic mass is 32.2. The number of fused-ring (bicyclic) bond motifs is 5. The van der Waals surface area contributed by atoms with Crippen molar-refractivity contribution in [3.63, 3.8) is 0 Å². The second kappa shape index (κ2) is 31.0. The van der Waals surface area contributed by atoms with E-state index in [1.54, 1.807) is 39.8 Å². The van der Waals surface area contributed by atoms with Crippen molar-refractivity contribution >= 4 is 110 Å². The van der Waals surface area contributed by atoms with Gasteiger partial charge in [0, 0.05) is 73.1 Å². The molecule has 6 heterocycles. The Bertz CT molecular complexity index is 3600. The number of H-pyrrole nitrogens is 1. The predicted octanol–water partition coefficient (Wildman–Crippen LogP) is -4.26. The third-order valence-corrected chi connectivity index (χ3v) is 18.4. The summed E-state index contributed by atoms with van der Waals surface area (Å²) in [5.74, 6) is -15.7. The first-order valence-corrected chi connectivity index (χ1v) is 32.2. The Kier molecular flexibility index (Phi) is 23.3. The Balaban J connectivity index is 1.09. The number of primary amides is 1. The van der Waals surface area contributed by atoms with Crippen molar-refractivity contribution in [3.8, 4) is 5.75 Å². The maximum atomic E-state index is 15.4. The van der Waals surface area contributed by atoms with E-state index in [0.717, 1.165) is 22.0 Å². The fraction of sp³-hybridized carbons (Fsp3) is 0.508. The number of nitrogens with zero attached hydrogens (tertiary/aromatic N) is 2. The van der Waals surface area contributed by atoms with Gasteiger partial charge in [-0.15, -0.1) is 0 Å². The van der Waals surface area contributed by atoms with Crippen molar-refractivity contribution in [2.45, 2.75) is 146 Å². The standard InChI is InChI=1S/C61H78N14O19S/c1-7-28(4)50-56(88)64-22-45(80)67-40-26-95(92)59-36(35-12-11-33(76)18-37(35)70-59)20-38(53(85)63-23-46(81)72-50)68-58(90)51(73-55(87)41-19-34(77)24-75(41)60(91)39(21-43(62)78)69-54(40)86)29(5)42-25-93-61(94-42)31-9-8-10-32(17-31)66-52(84)30(6)65-57(89)49(27(2)3)71-44(79)15-16-74-47(82)13-14-48(74)83/h8-14,17-18,27-30,34,38-42,49-51,61,70,76-77H,7,15-16,19-26H2,1-6H3,(H2,62,78)(H,63,85)(H,64,88)(H,65,89)(H,66,84)(H,67,80)(H,68,90)(H,69,86)(H,71,79)(H,72,81)(H,73,87)/t28-,29-,30-,34?,38?,39?,40?,41?,42-,49?,50-,51-,61?,95+/m0/s1. The molecule has 5 aliphatic rings. The molecule has 15 N–H and O–H groups in total. The minimum Gasteiger partial charge on any atom is -0.508 e. The van der Waals surface area contributed by atoms with Gasteiger partial charge >= 0.3 is 0 Å². The van der Waals surface area contributed by atoms with Gasteiger partial charge < -0.3 is 88.5 Å². The van der Waals surface area contributed by atoms with Crippen LogP contribution < -0.4 is 58.9 Å². The first-order valence-electron chi connectivity index (χ1n) is 30.9. The van der Waals surface area contributed by atoms with Crippen LogP contribution in [0.15, 0.2) is 59.6 Å². The lowest BCUT2D eigenvalue weighted by molar-refractivity contribution is -0.144. The van der Waals surface area contributed by atoms with Crippen LogP contribution in [0.25, 0.3) is 10.9 Å². The number of ether oxygens (including phenoxy) is 2. The lowest BCUT2D eigenvalue weighted by Crippen LogP contribution is -2.62. The summed E-state index contributed by atoms with van der Waals surface area (Å²) >= 11 is 0. The minimum absolute atomic E-state index is 0.0588. The van der Waals surface area contributed by atoms with Gasteiger partial charge in [0.05, 0.1) is 60.4 Å². The van der Waals surface area contributed by atoms with E-state index in [0.29, 0.717) is 12.0 Å². The van der Waals surface area contributed by atoms with Gasteiger partial charge in [0.25, 0.3) is 11.8 Å². The summed E-state index contributed by atoms with van der Waals surface area (Å²) in [7, 11) is -2.45. The Morgan fingerprint density at radius 2 is 1.47 bits per heavy atom. The monoisotopic (exact) mass is 1340 g/mol. The van der Waals surface area contributed by atoms with Crippen LogP contribution >= 0.6 is 0 Å². The van der Waals surface area contributed by atoms with E-state index in [9.17, 15) is 76.8 Å². The van der Waals surface area contributed by atoms with Crippen LogP contribution in [-0.4, -0.2) is 211 Å². The highest BCUT2D eigenvalue weighted by molar-refractivity contribution is 7.85. The van der Waals surface area contributed by atoms with E-state index >= 15 is 4.79 Å². The third-order valence-electron chi connectivity index (χ3n) is 16.9. The molecule has 0 aliphatic carbocycles. The molecule has 5 aliphatic heterocycles. The van der Waals surface area contributed by atoms with Crippen LogP contribution in [0.5, 0.6) is 5.75 Å². The second-order valence-electron chi connectivity index (χ2n) is 24.3. The predicted molar refractivity (Wildman–Crippen MR) is 333 cm³/mol. The van der Waals surface area contributed by atoms with E-state index in [-0.39, 0.29) is 52.5 Å².